The highest BCUT2D eigenvalue weighted by molar-refractivity contribution is 7.80. The van der Waals surface area contributed by atoms with Gasteiger partial charge in [-0.3, -0.25) is 4.55 Å². The highest BCUT2D eigenvalue weighted by Crippen LogP contribution is 2.17. The Morgan fingerprint density at radius 2 is 1.87 bits per heavy atom. The lowest BCUT2D eigenvalue weighted by Crippen LogP contribution is -2.33. The smallest absolute Gasteiger partial charge is 0.419 e. The van der Waals surface area contributed by atoms with E-state index in [4.69, 9.17) is 15.1 Å². The molecule has 1 aromatic carbocycles. The standard InChI is InChI=1S/C7H10N2O5S/c1-13-7-4-2-6(3-5-7)9(8)14-15(10,11)12/h2-5H,8H2,1H3,(H,10,11,12). The zero-order valence-electron chi connectivity index (χ0n) is 7.82. The minimum atomic E-state index is -4.62. The fourth-order valence-electron chi connectivity index (χ4n) is 0.874. The van der Waals surface area contributed by atoms with E-state index in [0.29, 0.717) is 10.9 Å². The molecule has 0 aromatic heterocycles. The molecule has 0 radical (unpaired) electrons. The summed E-state index contributed by atoms with van der Waals surface area (Å²) in [5.41, 5.74) is 0.244. The van der Waals surface area contributed by atoms with E-state index < -0.39 is 10.4 Å². The van der Waals surface area contributed by atoms with Crippen molar-refractivity contribution in [3.8, 4) is 5.75 Å². The first-order valence-electron chi connectivity index (χ1n) is 3.78. The Bertz CT molecular complexity index is 416. The number of nitrogens with two attached hydrogens (primary N) is 1. The van der Waals surface area contributed by atoms with Crippen LogP contribution in [-0.4, -0.2) is 20.1 Å². The summed E-state index contributed by atoms with van der Waals surface area (Å²) < 4.78 is 37.9. The van der Waals surface area contributed by atoms with Gasteiger partial charge in [0.1, 0.15) is 5.75 Å². The third-order valence-corrected chi connectivity index (χ3v) is 1.85. The monoisotopic (exact) mass is 234 g/mol. The van der Waals surface area contributed by atoms with Crippen molar-refractivity contribution in [1.29, 1.82) is 0 Å². The molecule has 15 heavy (non-hydrogen) atoms. The van der Waals surface area contributed by atoms with Crippen molar-refractivity contribution in [1.82, 2.24) is 0 Å². The lowest BCUT2D eigenvalue weighted by molar-refractivity contribution is 0.244. The van der Waals surface area contributed by atoms with Gasteiger partial charge in [-0.25, -0.2) is 5.84 Å². The highest BCUT2D eigenvalue weighted by atomic mass is 32.3. The first-order valence-corrected chi connectivity index (χ1v) is 5.15. The number of rotatable bonds is 4. The van der Waals surface area contributed by atoms with Gasteiger partial charge >= 0.3 is 10.4 Å². The molecule has 0 fully saturated rings. The molecule has 1 rings (SSSR count). The predicted octanol–water partition coefficient (Wildman–Crippen LogP) is 0.110. The van der Waals surface area contributed by atoms with Crippen LogP contribution in [0, 0.1) is 0 Å². The summed E-state index contributed by atoms with van der Waals surface area (Å²) in [6.45, 7) is 0. The van der Waals surface area contributed by atoms with Crippen molar-refractivity contribution in [3.63, 3.8) is 0 Å². The SMILES string of the molecule is COc1ccc(N(N)OS(=O)(=O)O)cc1. The Kier molecular flexibility index (Phi) is 3.48. The maximum atomic E-state index is 10.3. The Hall–Kier alpha value is -1.35. The summed E-state index contributed by atoms with van der Waals surface area (Å²) >= 11 is 0. The first kappa shape index (κ1) is 11.7. The lowest BCUT2D eigenvalue weighted by Gasteiger charge is -2.14. The summed E-state index contributed by atoms with van der Waals surface area (Å²) in [6.07, 6.45) is 0. The van der Waals surface area contributed by atoms with Crippen LogP contribution < -0.4 is 15.8 Å². The van der Waals surface area contributed by atoms with E-state index in [-0.39, 0.29) is 5.69 Å². The van der Waals surface area contributed by atoms with E-state index in [1.54, 1.807) is 12.1 Å². The molecular formula is C7H10N2O5S. The zero-order chi connectivity index (χ0) is 11.5. The van der Waals surface area contributed by atoms with Crippen molar-refractivity contribution in [2.45, 2.75) is 0 Å². The van der Waals surface area contributed by atoms with Crippen LogP contribution in [0.4, 0.5) is 5.69 Å². The van der Waals surface area contributed by atoms with Crippen LogP contribution in [0.15, 0.2) is 24.3 Å². The van der Waals surface area contributed by atoms with Crippen molar-refractivity contribution in [2.75, 3.05) is 12.3 Å². The normalized spacial score (nSPS) is 11.1. The Balaban J connectivity index is 2.78. The summed E-state index contributed by atoms with van der Waals surface area (Å²) in [6, 6.07) is 6.04. The molecule has 7 nitrogen and oxygen atoms in total. The van der Waals surface area contributed by atoms with E-state index in [2.05, 4.69) is 4.28 Å². The molecule has 0 aliphatic carbocycles. The average molecular weight is 234 g/mol. The highest BCUT2D eigenvalue weighted by Gasteiger charge is 2.11. The Labute approximate surface area is 86.9 Å². The van der Waals surface area contributed by atoms with Gasteiger partial charge < -0.3 is 4.74 Å². The number of hydrazine groups is 1. The fourth-order valence-corrected chi connectivity index (χ4v) is 1.16. The van der Waals surface area contributed by atoms with Gasteiger partial charge in [0.2, 0.25) is 0 Å². The maximum Gasteiger partial charge on any atom is 0.419 e. The second-order valence-corrected chi connectivity index (χ2v) is 3.53. The van der Waals surface area contributed by atoms with Crippen LogP contribution in [-0.2, 0) is 14.7 Å². The molecule has 0 atom stereocenters. The largest absolute Gasteiger partial charge is 0.497 e. The van der Waals surface area contributed by atoms with Crippen LogP contribution in [0.2, 0.25) is 0 Å². The minimum Gasteiger partial charge on any atom is -0.497 e. The number of methoxy groups -OCH3 is 1. The van der Waals surface area contributed by atoms with E-state index >= 15 is 0 Å². The van der Waals surface area contributed by atoms with Crippen LogP contribution in [0.25, 0.3) is 0 Å². The van der Waals surface area contributed by atoms with Gasteiger partial charge in [0.15, 0.2) is 0 Å². The molecule has 3 N–H and O–H groups in total. The maximum absolute atomic E-state index is 10.3. The number of ether oxygens (including phenoxy) is 1. The van der Waals surface area contributed by atoms with Gasteiger partial charge in [-0.1, -0.05) is 0 Å². The first-order chi connectivity index (χ1) is 6.92. The van der Waals surface area contributed by atoms with E-state index in [1.165, 1.54) is 19.2 Å². The molecular weight excluding hydrogens is 224 g/mol. The lowest BCUT2D eigenvalue weighted by atomic mass is 10.3. The van der Waals surface area contributed by atoms with Gasteiger partial charge in [0.05, 0.1) is 12.8 Å². The van der Waals surface area contributed by atoms with Gasteiger partial charge in [0, 0.05) is 0 Å². The molecule has 0 aliphatic heterocycles. The van der Waals surface area contributed by atoms with Gasteiger partial charge in [-0.05, 0) is 24.3 Å². The van der Waals surface area contributed by atoms with Crippen LogP contribution in [0.3, 0.4) is 0 Å². The molecule has 0 aliphatic rings. The third-order valence-electron chi connectivity index (χ3n) is 1.50. The molecule has 0 unspecified atom stereocenters. The average Bonchev–Trinajstić information content (AvgIpc) is 2.15. The minimum absolute atomic E-state index is 0.244. The molecule has 0 saturated heterocycles. The molecule has 0 heterocycles. The summed E-state index contributed by atoms with van der Waals surface area (Å²) in [7, 11) is -3.13. The second-order valence-electron chi connectivity index (χ2n) is 2.53. The van der Waals surface area contributed by atoms with Gasteiger partial charge in [-0.15, -0.1) is 4.28 Å². The second kappa shape index (κ2) is 4.45. The topological polar surface area (TPSA) is 102 Å². The number of hydrogen-bond acceptors (Lipinski definition) is 6. The van der Waals surface area contributed by atoms with Crippen molar-refractivity contribution < 1.29 is 22.0 Å². The number of nitrogens with zero attached hydrogens (tertiary/aromatic N) is 1. The zero-order valence-corrected chi connectivity index (χ0v) is 8.64. The van der Waals surface area contributed by atoms with Crippen molar-refractivity contribution >= 4 is 16.1 Å². The molecule has 0 bridgehead atoms. The van der Waals surface area contributed by atoms with Crippen molar-refractivity contribution in [3.05, 3.63) is 24.3 Å². The summed E-state index contributed by atoms with van der Waals surface area (Å²) in [5.74, 6) is 5.79. The third kappa shape index (κ3) is 3.72. The quantitative estimate of drug-likeness (QED) is 0.433. The fraction of sp³-hybridized carbons (Fsp3) is 0.143. The van der Waals surface area contributed by atoms with Gasteiger partial charge in [0.25, 0.3) is 0 Å². The van der Waals surface area contributed by atoms with Crippen LogP contribution >= 0.6 is 0 Å². The van der Waals surface area contributed by atoms with Crippen molar-refractivity contribution in [2.24, 2.45) is 5.84 Å². The van der Waals surface area contributed by atoms with E-state index in [0.717, 1.165) is 0 Å². The summed E-state index contributed by atoms with van der Waals surface area (Å²) in [5, 5.41) is 0.425. The summed E-state index contributed by atoms with van der Waals surface area (Å²) in [4.78, 5) is 0. The number of benzene rings is 1. The van der Waals surface area contributed by atoms with E-state index in [1.807, 2.05) is 0 Å². The van der Waals surface area contributed by atoms with Gasteiger partial charge in [-0.2, -0.15) is 13.6 Å². The number of hydrogen-bond donors (Lipinski definition) is 2. The Morgan fingerprint density at radius 1 is 1.33 bits per heavy atom. The Morgan fingerprint density at radius 3 is 2.27 bits per heavy atom. The molecule has 0 amide bonds. The predicted molar refractivity (Wildman–Crippen MR) is 52.3 cm³/mol. The molecule has 0 spiro atoms. The van der Waals surface area contributed by atoms with Crippen LogP contribution in [0.1, 0.15) is 0 Å². The number of anilines is 1. The molecule has 1 aromatic rings. The molecule has 0 saturated carbocycles. The van der Waals surface area contributed by atoms with E-state index in [9.17, 15) is 8.42 Å². The molecule has 84 valence electrons. The molecule has 8 heteroatoms. The van der Waals surface area contributed by atoms with Crippen LogP contribution in [0.5, 0.6) is 5.75 Å².